The van der Waals surface area contributed by atoms with Crippen LogP contribution in [0, 0.1) is 0 Å². The van der Waals surface area contributed by atoms with E-state index in [0.717, 1.165) is 60.1 Å². The summed E-state index contributed by atoms with van der Waals surface area (Å²) in [5.41, 5.74) is 9.03. The molecule has 1 fully saturated rings. The van der Waals surface area contributed by atoms with Gasteiger partial charge in [-0.3, -0.25) is 0 Å². The van der Waals surface area contributed by atoms with Gasteiger partial charge in [0.2, 0.25) is 0 Å². The van der Waals surface area contributed by atoms with Crippen molar-refractivity contribution in [3.8, 4) is 22.8 Å². The van der Waals surface area contributed by atoms with Gasteiger partial charge >= 0.3 is 0 Å². The summed E-state index contributed by atoms with van der Waals surface area (Å²) >= 11 is 0. The van der Waals surface area contributed by atoms with Crippen molar-refractivity contribution < 1.29 is 4.74 Å². The highest BCUT2D eigenvalue weighted by Gasteiger charge is 2.28. The molecule has 0 radical (unpaired) electrons. The Labute approximate surface area is 169 Å². The van der Waals surface area contributed by atoms with Crippen LogP contribution in [0.4, 0.5) is 5.82 Å². The molecule has 0 aliphatic carbocycles. The molecule has 3 aromatic rings. The Morgan fingerprint density at radius 1 is 0.966 bits per heavy atom. The second-order valence-corrected chi connectivity index (χ2v) is 7.32. The van der Waals surface area contributed by atoms with E-state index in [1.165, 1.54) is 0 Å². The van der Waals surface area contributed by atoms with E-state index in [-0.39, 0.29) is 0 Å². The Morgan fingerprint density at radius 2 is 1.69 bits per heavy atom. The minimum atomic E-state index is 0.359. The number of ether oxygens (including phenoxy) is 1. The highest BCUT2D eigenvalue weighted by atomic mass is 16.5. The van der Waals surface area contributed by atoms with Gasteiger partial charge in [0.05, 0.1) is 11.6 Å². The number of rotatable bonds is 4. The topological polar surface area (TPSA) is 89.5 Å². The van der Waals surface area contributed by atoms with E-state index in [4.69, 9.17) is 15.6 Å². The number of nitrogens with zero attached hydrogens (tertiary/aromatic N) is 3. The molecule has 7 heteroatoms. The molecule has 29 heavy (non-hydrogen) atoms. The van der Waals surface area contributed by atoms with E-state index < -0.39 is 0 Å². The van der Waals surface area contributed by atoms with Crippen molar-refractivity contribution >= 4 is 11.7 Å². The van der Waals surface area contributed by atoms with Gasteiger partial charge in [-0.05, 0) is 62.3 Å². The first kappa shape index (κ1) is 17.8. The third kappa shape index (κ3) is 3.45. The van der Waals surface area contributed by atoms with Crippen LogP contribution in [0.15, 0.2) is 59.6 Å². The second-order valence-electron chi connectivity index (χ2n) is 7.32. The van der Waals surface area contributed by atoms with E-state index in [9.17, 15) is 0 Å². The zero-order valence-electron chi connectivity index (χ0n) is 16.1. The summed E-state index contributed by atoms with van der Waals surface area (Å²) in [6, 6.07) is 18.1. The SMILES string of the molecule is NC1=NCNc2c1c(-c1ccc(Oc3ccccc3)cc1)nn2C1CCNCC1. The van der Waals surface area contributed by atoms with E-state index in [0.29, 0.717) is 18.5 Å². The standard InChI is InChI=1S/C22H24N6O/c23-21-19-20(15-6-8-18(9-7-15)29-17-4-2-1-3-5-17)27-28(22(19)26-14-25-21)16-10-12-24-13-11-16/h1-9,16,24,26H,10-14H2,(H2,23,25). The zero-order chi connectivity index (χ0) is 19.6. The molecule has 0 amide bonds. The Balaban J connectivity index is 1.49. The fourth-order valence-electron chi connectivity index (χ4n) is 3.95. The molecule has 0 saturated carbocycles. The summed E-state index contributed by atoms with van der Waals surface area (Å²) in [7, 11) is 0. The molecule has 1 aromatic heterocycles. The average Bonchev–Trinajstić information content (AvgIpc) is 3.17. The van der Waals surface area contributed by atoms with E-state index in [1.807, 2.05) is 54.6 Å². The van der Waals surface area contributed by atoms with Crippen molar-refractivity contribution in [1.29, 1.82) is 0 Å². The number of anilines is 1. The first-order valence-corrected chi connectivity index (χ1v) is 10.0. The van der Waals surface area contributed by atoms with Crippen LogP contribution in [0.2, 0.25) is 0 Å². The number of hydrogen-bond donors (Lipinski definition) is 3. The van der Waals surface area contributed by atoms with Gasteiger partial charge in [-0.25, -0.2) is 9.67 Å². The van der Waals surface area contributed by atoms with Crippen LogP contribution in [0.1, 0.15) is 24.4 Å². The second kappa shape index (κ2) is 7.60. The van der Waals surface area contributed by atoms with Gasteiger partial charge in [-0.2, -0.15) is 5.10 Å². The quantitative estimate of drug-likeness (QED) is 0.638. The average molecular weight is 388 g/mol. The van der Waals surface area contributed by atoms with Crippen LogP contribution in [-0.4, -0.2) is 35.4 Å². The van der Waals surface area contributed by atoms with E-state index in [2.05, 4.69) is 20.3 Å². The third-order valence-corrected chi connectivity index (χ3v) is 5.42. The predicted molar refractivity (Wildman–Crippen MR) is 115 cm³/mol. The number of fused-ring (bicyclic) bond motifs is 1. The maximum absolute atomic E-state index is 6.28. The van der Waals surface area contributed by atoms with Crippen LogP contribution in [0.25, 0.3) is 11.3 Å². The summed E-state index contributed by atoms with van der Waals surface area (Å²) in [4.78, 5) is 4.38. The fourth-order valence-corrected chi connectivity index (χ4v) is 3.95. The number of hydrogen-bond acceptors (Lipinski definition) is 6. The summed E-state index contributed by atoms with van der Waals surface area (Å²) in [5.74, 6) is 3.11. The number of aromatic nitrogens is 2. The molecule has 2 aliphatic rings. The van der Waals surface area contributed by atoms with Crippen molar-refractivity contribution in [3.05, 3.63) is 60.2 Å². The maximum Gasteiger partial charge on any atom is 0.137 e. The van der Waals surface area contributed by atoms with Gasteiger partial charge in [-0.15, -0.1) is 0 Å². The smallest absolute Gasteiger partial charge is 0.137 e. The van der Waals surface area contributed by atoms with E-state index in [1.54, 1.807) is 0 Å². The van der Waals surface area contributed by atoms with Crippen molar-refractivity contribution in [2.75, 3.05) is 25.1 Å². The lowest BCUT2D eigenvalue weighted by Crippen LogP contribution is -2.31. The molecule has 5 rings (SSSR count). The molecular weight excluding hydrogens is 364 g/mol. The van der Waals surface area contributed by atoms with Gasteiger partial charge in [0.25, 0.3) is 0 Å². The fraction of sp³-hybridized carbons (Fsp3) is 0.273. The normalized spacial score (nSPS) is 16.6. The monoisotopic (exact) mass is 388 g/mol. The van der Waals surface area contributed by atoms with Crippen molar-refractivity contribution in [2.45, 2.75) is 18.9 Å². The molecule has 7 nitrogen and oxygen atoms in total. The third-order valence-electron chi connectivity index (χ3n) is 5.42. The molecule has 0 spiro atoms. The summed E-state index contributed by atoms with van der Waals surface area (Å²) in [6.07, 6.45) is 2.10. The lowest BCUT2D eigenvalue weighted by Gasteiger charge is -2.25. The van der Waals surface area contributed by atoms with Gasteiger partial charge in [0.15, 0.2) is 0 Å². The molecule has 0 atom stereocenters. The number of aliphatic imine (C=N–C) groups is 1. The van der Waals surface area contributed by atoms with Crippen molar-refractivity contribution in [2.24, 2.45) is 10.7 Å². The van der Waals surface area contributed by atoms with Gasteiger partial charge in [0, 0.05) is 5.56 Å². The summed E-state index contributed by atoms with van der Waals surface area (Å²) < 4.78 is 8.02. The van der Waals surface area contributed by atoms with Crippen LogP contribution in [-0.2, 0) is 0 Å². The van der Waals surface area contributed by atoms with Crippen LogP contribution >= 0.6 is 0 Å². The van der Waals surface area contributed by atoms with Gasteiger partial charge in [-0.1, -0.05) is 18.2 Å². The van der Waals surface area contributed by atoms with Gasteiger partial charge < -0.3 is 21.1 Å². The Kier molecular flexibility index (Phi) is 4.65. The van der Waals surface area contributed by atoms with Crippen molar-refractivity contribution in [1.82, 2.24) is 15.1 Å². The number of piperidine rings is 1. The number of amidine groups is 1. The van der Waals surface area contributed by atoms with Crippen LogP contribution in [0.5, 0.6) is 11.5 Å². The molecule has 2 aromatic carbocycles. The Bertz CT molecular complexity index is 1020. The summed E-state index contributed by atoms with van der Waals surface area (Å²) in [6.45, 7) is 2.49. The first-order chi connectivity index (χ1) is 14.3. The van der Waals surface area contributed by atoms with Crippen LogP contribution in [0.3, 0.4) is 0 Å². The number of benzene rings is 2. The zero-order valence-corrected chi connectivity index (χ0v) is 16.1. The number of nitrogens with two attached hydrogens (primary N) is 1. The van der Waals surface area contributed by atoms with Crippen LogP contribution < -0.4 is 21.1 Å². The van der Waals surface area contributed by atoms with Gasteiger partial charge in [0.1, 0.15) is 35.5 Å². The largest absolute Gasteiger partial charge is 0.457 e. The van der Waals surface area contributed by atoms with E-state index >= 15 is 0 Å². The summed E-state index contributed by atoms with van der Waals surface area (Å²) in [5, 5.41) is 11.8. The molecule has 0 bridgehead atoms. The first-order valence-electron chi connectivity index (χ1n) is 10.0. The molecule has 0 unspecified atom stereocenters. The Morgan fingerprint density at radius 3 is 2.45 bits per heavy atom. The number of nitrogens with one attached hydrogen (secondary N) is 2. The minimum absolute atomic E-state index is 0.359. The highest BCUT2D eigenvalue weighted by Crippen LogP contribution is 2.35. The highest BCUT2D eigenvalue weighted by molar-refractivity contribution is 6.08. The lowest BCUT2D eigenvalue weighted by atomic mass is 10.1. The molecule has 1 saturated heterocycles. The van der Waals surface area contributed by atoms with Crippen molar-refractivity contribution in [3.63, 3.8) is 0 Å². The Hall–Kier alpha value is -3.32. The minimum Gasteiger partial charge on any atom is -0.457 e. The molecule has 3 heterocycles. The molecule has 4 N–H and O–H groups in total. The molecule has 148 valence electrons. The lowest BCUT2D eigenvalue weighted by molar-refractivity contribution is 0.346. The molecular formula is C22H24N6O. The molecule has 2 aliphatic heterocycles. The number of para-hydroxylation sites is 1. The predicted octanol–water partition coefficient (Wildman–Crippen LogP) is 3.36. The maximum atomic E-state index is 6.28.